The van der Waals surface area contributed by atoms with Crippen molar-refractivity contribution in [3.05, 3.63) is 67.4 Å². The molecular weight excluding hydrogens is 367 g/mol. The van der Waals surface area contributed by atoms with E-state index in [1.807, 2.05) is 41.8 Å². The highest BCUT2D eigenvalue weighted by Crippen LogP contribution is 2.26. The van der Waals surface area contributed by atoms with Gasteiger partial charge in [-0.15, -0.1) is 11.3 Å². The summed E-state index contributed by atoms with van der Waals surface area (Å²) in [6, 6.07) is 14.0. The zero-order chi connectivity index (χ0) is 13.4. The number of ketones is 1. The van der Waals surface area contributed by atoms with E-state index in [-0.39, 0.29) is 5.78 Å². The summed E-state index contributed by atoms with van der Waals surface area (Å²) in [6.07, 6.45) is 0. The molecule has 0 aliphatic carbocycles. The van der Waals surface area contributed by atoms with Crippen molar-refractivity contribution in [3.8, 4) is 0 Å². The molecule has 94 valence electrons. The average molecular weight is 378 g/mol. The Balaban J connectivity index is 2.21. The molecule has 0 bridgehead atoms. The van der Waals surface area contributed by atoms with Crippen LogP contribution in [0.2, 0.25) is 0 Å². The molecule has 0 amide bonds. The molecule has 0 N–H and O–H groups in total. The molecule has 0 atom stereocenters. The standard InChI is InChI=1S/C16H11IOS/c1-10-6-7-14(13-5-3-2-4-12(10)13)16(18)11-8-15(17)19-9-11/h2-9H,1H3. The van der Waals surface area contributed by atoms with E-state index in [4.69, 9.17) is 0 Å². The lowest BCUT2D eigenvalue weighted by molar-refractivity contribution is 0.104. The summed E-state index contributed by atoms with van der Waals surface area (Å²) in [4.78, 5) is 12.6. The van der Waals surface area contributed by atoms with Crippen molar-refractivity contribution < 1.29 is 4.79 Å². The number of thiophene rings is 1. The molecule has 0 fully saturated rings. The Bertz CT molecular complexity index is 773. The fraction of sp³-hybridized carbons (Fsp3) is 0.0625. The molecule has 0 saturated carbocycles. The van der Waals surface area contributed by atoms with Gasteiger partial charge in [-0.3, -0.25) is 4.79 Å². The second-order valence-corrected chi connectivity index (χ2v) is 7.25. The van der Waals surface area contributed by atoms with Crippen LogP contribution in [0.1, 0.15) is 21.5 Å². The largest absolute Gasteiger partial charge is 0.289 e. The van der Waals surface area contributed by atoms with E-state index in [2.05, 4.69) is 35.6 Å². The molecule has 19 heavy (non-hydrogen) atoms. The van der Waals surface area contributed by atoms with Gasteiger partial charge in [-0.2, -0.15) is 0 Å². The lowest BCUT2D eigenvalue weighted by Crippen LogP contribution is -2.01. The first-order chi connectivity index (χ1) is 9.16. The first-order valence-electron chi connectivity index (χ1n) is 5.94. The van der Waals surface area contributed by atoms with Gasteiger partial charge in [0.15, 0.2) is 5.78 Å². The number of aryl methyl sites for hydroxylation is 1. The number of carbonyl (C=O) groups is 1. The maximum atomic E-state index is 12.6. The molecule has 3 aromatic rings. The summed E-state index contributed by atoms with van der Waals surface area (Å²) in [5.74, 6) is 0.107. The van der Waals surface area contributed by atoms with Gasteiger partial charge in [0.2, 0.25) is 0 Å². The molecule has 0 radical (unpaired) electrons. The van der Waals surface area contributed by atoms with Gasteiger partial charge >= 0.3 is 0 Å². The highest BCUT2D eigenvalue weighted by Gasteiger charge is 2.14. The van der Waals surface area contributed by atoms with Crippen molar-refractivity contribution in [2.75, 3.05) is 0 Å². The third-order valence-corrected chi connectivity index (χ3v) is 5.01. The van der Waals surface area contributed by atoms with E-state index in [9.17, 15) is 4.79 Å². The second-order valence-electron chi connectivity index (χ2n) is 4.44. The molecule has 3 heteroatoms. The van der Waals surface area contributed by atoms with Crippen LogP contribution in [0.4, 0.5) is 0 Å². The zero-order valence-electron chi connectivity index (χ0n) is 10.3. The Morgan fingerprint density at radius 2 is 1.84 bits per heavy atom. The predicted octanol–water partition coefficient (Wildman–Crippen LogP) is 5.05. The van der Waals surface area contributed by atoms with Crippen molar-refractivity contribution in [1.29, 1.82) is 0 Å². The highest BCUT2D eigenvalue weighted by molar-refractivity contribution is 14.1. The van der Waals surface area contributed by atoms with Crippen LogP contribution in [-0.4, -0.2) is 5.78 Å². The lowest BCUT2D eigenvalue weighted by atomic mass is 9.96. The monoisotopic (exact) mass is 378 g/mol. The summed E-state index contributed by atoms with van der Waals surface area (Å²) >= 11 is 3.84. The van der Waals surface area contributed by atoms with Gasteiger partial charge in [0.25, 0.3) is 0 Å². The van der Waals surface area contributed by atoms with Gasteiger partial charge in [0, 0.05) is 16.5 Å². The van der Waals surface area contributed by atoms with E-state index in [0.717, 1.165) is 24.8 Å². The quantitative estimate of drug-likeness (QED) is 0.451. The summed E-state index contributed by atoms with van der Waals surface area (Å²) in [7, 11) is 0. The fourth-order valence-corrected chi connectivity index (χ4v) is 3.56. The van der Waals surface area contributed by atoms with Crippen molar-refractivity contribution >= 4 is 50.5 Å². The van der Waals surface area contributed by atoms with E-state index in [1.54, 1.807) is 11.3 Å². The molecule has 1 heterocycles. The minimum Gasteiger partial charge on any atom is -0.289 e. The van der Waals surface area contributed by atoms with Crippen molar-refractivity contribution in [1.82, 2.24) is 0 Å². The van der Waals surface area contributed by atoms with Crippen molar-refractivity contribution in [2.24, 2.45) is 0 Å². The minimum absolute atomic E-state index is 0.107. The third kappa shape index (κ3) is 2.32. The van der Waals surface area contributed by atoms with E-state index < -0.39 is 0 Å². The number of carbonyl (C=O) groups excluding carboxylic acids is 1. The van der Waals surface area contributed by atoms with Gasteiger partial charge in [0.05, 0.1) is 2.88 Å². The summed E-state index contributed by atoms with van der Waals surface area (Å²) < 4.78 is 1.14. The average Bonchev–Trinajstić information content (AvgIpc) is 2.86. The van der Waals surface area contributed by atoms with Crippen LogP contribution in [0.5, 0.6) is 0 Å². The summed E-state index contributed by atoms with van der Waals surface area (Å²) in [5.41, 5.74) is 2.77. The number of hydrogen-bond acceptors (Lipinski definition) is 2. The highest BCUT2D eigenvalue weighted by atomic mass is 127. The van der Waals surface area contributed by atoms with Crippen LogP contribution < -0.4 is 0 Å². The SMILES string of the molecule is Cc1ccc(C(=O)c2csc(I)c2)c2ccccc12. The molecular formula is C16H11IOS. The molecule has 2 aromatic carbocycles. The predicted molar refractivity (Wildman–Crippen MR) is 89.2 cm³/mol. The summed E-state index contributed by atoms with van der Waals surface area (Å²) in [6.45, 7) is 2.07. The number of hydrogen-bond donors (Lipinski definition) is 0. The normalized spacial score (nSPS) is 10.8. The van der Waals surface area contributed by atoms with Gasteiger partial charge in [0.1, 0.15) is 0 Å². The Hall–Kier alpha value is -1.20. The van der Waals surface area contributed by atoms with E-state index >= 15 is 0 Å². The molecule has 1 aromatic heterocycles. The van der Waals surface area contributed by atoms with Crippen LogP contribution in [0.25, 0.3) is 10.8 Å². The van der Waals surface area contributed by atoms with Gasteiger partial charge in [-0.1, -0.05) is 36.4 Å². The molecule has 1 nitrogen and oxygen atoms in total. The summed E-state index contributed by atoms with van der Waals surface area (Å²) in [5, 5.41) is 4.12. The molecule has 0 spiro atoms. The minimum atomic E-state index is 0.107. The van der Waals surface area contributed by atoms with Crippen LogP contribution in [-0.2, 0) is 0 Å². The molecule has 0 aliphatic heterocycles. The molecule has 0 saturated heterocycles. The Labute approximate surface area is 129 Å². The van der Waals surface area contributed by atoms with Crippen LogP contribution in [0.3, 0.4) is 0 Å². The Morgan fingerprint density at radius 3 is 2.53 bits per heavy atom. The van der Waals surface area contributed by atoms with Crippen LogP contribution in [0, 0.1) is 9.81 Å². The number of halogens is 1. The van der Waals surface area contributed by atoms with Gasteiger partial charge < -0.3 is 0 Å². The Morgan fingerprint density at radius 1 is 1.11 bits per heavy atom. The molecule has 3 rings (SSSR count). The van der Waals surface area contributed by atoms with Gasteiger partial charge in [-0.25, -0.2) is 0 Å². The first kappa shape index (κ1) is 12.8. The van der Waals surface area contributed by atoms with Crippen LogP contribution in [0.15, 0.2) is 47.8 Å². The maximum absolute atomic E-state index is 12.6. The third-order valence-electron chi connectivity index (χ3n) is 3.22. The second kappa shape index (κ2) is 5.06. The van der Waals surface area contributed by atoms with E-state index in [0.29, 0.717) is 0 Å². The molecule has 0 aliphatic rings. The first-order valence-corrected chi connectivity index (χ1v) is 7.90. The van der Waals surface area contributed by atoms with E-state index in [1.165, 1.54) is 5.56 Å². The van der Waals surface area contributed by atoms with Crippen LogP contribution >= 0.6 is 33.9 Å². The topological polar surface area (TPSA) is 17.1 Å². The number of fused-ring (bicyclic) bond motifs is 1. The Kier molecular flexibility index (Phi) is 3.41. The molecule has 0 unspecified atom stereocenters. The lowest BCUT2D eigenvalue weighted by Gasteiger charge is -2.07. The maximum Gasteiger partial charge on any atom is 0.194 e. The fourth-order valence-electron chi connectivity index (χ4n) is 2.23. The smallest absolute Gasteiger partial charge is 0.194 e. The number of benzene rings is 2. The van der Waals surface area contributed by atoms with Crippen molar-refractivity contribution in [2.45, 2.75) is 6.92 Å². The zero-order valence-corrected chi connectivity index (χ0v) is 13.3. The number of rotatable bonds is 2. The van der Waals surface area contributed by atoms with Crippen molar-refractivity contribution in [3.63, 3.8) is 0 Å². The van der Waals surface area contributed by atoms with Gasteiger partial charge in [-0.05, 0) is 51.9 Å².